The molecule has 0 atom stereocenters. The van der Waals surface area contributed by atoms with Crippen molar-refractivity contribution in [2.75, 3.05) is 4.90 Å². The molecule has 0 fully saturated rings. The van der Waals surface area contributed by atoms with Crippen molar-refractivity contribution in [2.45, 2.75) is 19.3 Å². The highest BCUT2D eigenvalue weighted by Crippen LogP contribution is 2.52. The van der Waals surface area contributed by atoms with E-state index in [1.54, 1.807) is 0 Å². The minimum absolute atomic E-state index is 0.166. The van der Waals surface area contributed by atoms with Crippen molar-refractivity contribution in [3.8, 4) is 39.4 Å². The van der Waals surface area contributed by atoms with Crippen LogP contribution in [0.15, 0.2) is 158 Å². The molecule has 0 saturated carbocycles. The summed E-state index contributed by atoms with van der Waals surface area (Å²) in [6, 6.07) is 56.9. The number of ether oxygens (including phenoxy) is 1. The van der Waals surface area contributed by atoms with Gasteiger partial charge in [0.25, 0.3) is 0 Å². The summed E-state index contributed by atoms with van der Waals surface area (Å²) in [5.41, 5.74) is 14.5. The van der Waals surface area contributed by atoms with Gasteiger partial charge in [-0.3, -0.25) is 0 Å². The maximum Gasteiger partial charge on any atom is 0.152 e. The number of rotatable bonds is 4. The fraction of sp³-hybridized carbons (Fsp3) is 0.0667. The SMILES string of the molecule is CC1(C)c2cc(-c3ccc4c5cccc6c5n(c4c3)-c3ccccc3O6)ccc2-c2ccc(N(c3ccccc3)c3ccccc3)cc21. The zero-order chi connectivity index (χ0) is 32.0. The van der Waals surface area contributed by atoms with Gasteiger partial charge in [0.05, 0.1) is 16.7 Å². The van der Waals surface area contributed by atoms with Gasteiger partial charge in [-0.15, -0.1) is 0 Å². The van der Waals surface area contributed by atoms with Gasteiger partial charge in [-0.05, 0) is 100 Å². The first-order valence-corrected chi connectivity index (χ1v) is 16.6. The fourth-order valence-corrected chi connectivity index (χ4v) is 8.04. The van der Waals surface area contributed by atoms with Gasteiger partial charge in [0.1, 0.15) is 0 Å². The average molecular weight is 617 g/mol. The molecule has 228 valence electrons. The number of anilines is 3. The Labute approximate surface area is 279 Å². The van der Waals surface area contributed by atoms with E-state index in [1.165, 1.54) is 49.7 Å². The first kappa shape index (κ1) is 27.1. The molecule has 0 amide bonds. The van der Waals surface area contributed by atoms with Crippen molar-refractivity contribution >= 4 is 38.9 Å². The molecule has 3 heteroatoms. The van der Waals surface area contributed by atoms with Gasteiger partial charge in [0.15, 0.2) is 11.5 Å². The van der Waals surface area contributed by atoms with Gasteiger partial charge in [-0.1, -0.05) is 105 Å². The number of para-hydroxylation sites is 5. The Bertz CT molecular complexity index is 2520. The largest absolute Gasteiger partial charge is 0.453 e. The van der Waals surface area contributed by atoms with Gasteiger partial charge in [-0.25, -0.2) is 0 Å². The summed E-state index contributed by atoms with van der Waals surface area (Å²) in [5.74, 6) is 1.79. The van der Waals surface area contributed by atoms with Gasteiger partial charge in [-0.2, -0.15) is 0 Å². The molecule has 0 bridgehead atoms. The van der Waals surface area contributed by atoms with Crippen molar-refractivity contribution in [1.82, 2.24) is 4.57 Å². The van der Waals surface area contributed by atoms with Crippen molar-refractivity contribution in [3.63, 3.8) is 0 Å². The molecule has 2 heterocycles. The van der Waals surface area contributed by atoms with Crippen LogP contribution in [0.3, 0.4) is 0 Å². The van der Waals surface area contributed by atoms with Crippen LogP contribution >= 0.6 is 0 Å². The van der Waals surface area contributed by atoms with Crippen LogP contribution in [0.4, 0.5) is 17.1 Å². The van der Waals surface area contributed by atoms with Crippen LogP contribution in [-0.2, 0) is 5.41 Å². The lowest BCUT2D eigenvalue weighted by Crippen LogP contribution is -2.16. The number of aromatic nitrogens is 1. The summed E-state index contributed by atoms with van der Waals surface area (Å²) in [7, 11) is 0. The second kappa shape index (κ2) is 9.97. The highest BCUT2D eigenvalue weighted by Gasteiger charge is 2.36. The zero-order valence-electron chi connectivity index (χ0n) is 26.8. The van der Waals surface area contributed by atoms with Crippen molar-refractivity contribution in [2.24, 2.45) is 0 Å². The van der Waals surface area contributed by atoms with Crippen LogP contribution in [0, 0.1) is 0 Å². The van der Waals surface area contributed by atoms with Crippen molar-refractivity contribution in [1.29, 1.82) is 0 Å². The Kier molecular flexibility index (Phi) is 5.63. The summed E-state index contributed by atoms with van der Waals surface area (Å²) in [5, 5.41) is 2.45. The van der Waals surface area contributed by atoms with E-state index >= 15 is 0 Å². The molecular weight excluding hydrogens is 585 g/mol. The Balaban J connectivity index is 1.09. The van der Waals surface area contributed by atoms with Gasteiger partial charge < -0.3 is 14.2 Å². The number of benzene rings is 7. The van der Waals surface area contributed by atoms with E-state index in [1.807, 2.05) is 6.07 Å². The van der Waals surface area contributed by atoms with Gasteiger partial charge >= 0.3 is 0 Å². The molecule has 3 nitrogen and oxygen atoms in total. The molecule has 0 unspecified atom stereocenters. The standard InChI is InChI=1S/C45H32N2O/c1-45(2)38-26-29(30-21-24-36-37-16-11-19-43-44(37)47(41(36)27-30)40-17-9-10-18-42(40)48-43)20-23-34(38)35-25-22-33(28-39(35)45)46(31-12-5-3-6-13-31)32-14-7-4-8-15-32/h3-28H,1-2H3. The van der Waals surface area contributed by atoms with Gasteiger partial charge in [0.2, 0.25) is 0 Å². The molecule has 2 aliphatic rings. The predicted molar refractivity (Wildman–Crippen MR) is 199 cm³/mol. The zero-order valence-corrected chi connectivity index (χ0v) is 26.8. The maximum absolute atomic E-state index is 6.35. The molecule has 48 heavy (non-hydrogen) atoms. The maximum atomic E-state index is 6.35. The first-order chi connectivity index (χ1) is 23.6. The summed E-state index contributed by atoms with van der Waals surface area (Å²) in [6.07, 6.45) is 0. The molecule has 7 aromatic carbocycles. The number of hydrogen-bond donors (Lipinski definition) is 0. The van der Waals surface area contributed by atoms with E-state index in [0.29, 0.717) is 0 Å². The Hall–Kier alpha value is -6.06. The lowest BCUT2D eigenvalue weighted by atomic mass is 9.81. The third kappa shape index (κ3) is 3.82. The van der Waals surface area contributed by atoms with Crippen LogP contribution in [0.2, 0.25) is 0 Å². The van der Waals surface area contributed by atoms with E-state index in [0.717, 1.165) is 39.8 Å². The Morgan fingerprint density at radius 1 is 0.500 bits per heavy atom. The number of nitrogens with zero attached hydrogens (tertiary/aromatic N) is 2. The average Bonchev–Trinajstić information content (AvgIpc) is 3.58. The minimum Gasteiger partial charge on any atom is -0.453 e. The van der Waals surface area contributed by atoms with Crippen LogP contribution in [0.5, 0.6) is 11.5 Å². The summed E-state index contributed by atoms with van der Waals surface area (Å²) < 4.78 is 8.72. The molecule has 0 saturated heterocycles. The molecule has 0 N–H and O–H groups in total. The van der Waals surface area contributed by atoms with Crippen LogP contribution in [-0.4, -0.2) is 4.57 Å². The normalized spacial score (nSPS) is 13.5. The molecule has 0 spiro atoms. The molecule has 1 aliphatic carbocycles. The third-order valence-corrected chi connectivity index (χ3v) is 10.4. The van der Waals surface area contributed by atoms with Crippen LogP contribution < -0.4 is 9.64 Å². The van der Waals surface area contributed by atoms with Crippen molar-refractivity contribution in [3.05, 3.63) is 169 Å². The van der Waals surface area contributed by atoms with Crippen LogP contribution in [0.1, 0.15) is 25.0 Å². The van der Waals surface area contributed by atoms with E-state index in [-0.39, 0.29) is 5.41 Å². The van der Waals surface area contributed by atoms with E-state index in [4.69, 9.17) is 4.74 Å². The lowest BCUT2D eigenvalue weighted by Gasteiger charge is -2.28. The highest BCUT2D eigenvalue weighted by molar-refractivity contribution is 6.13. The van der Waals surface area contributed by atoms with Gasteiger partial charge in [0, 0.05) is 33.2 Å². The molecule has 0 radical (unpaired) electrons. The second-order valence-electron chi connectivity index (χ2n) is 13.4. The topological polar surface area (TPSA) is 17.4 Å². The molecule has 10 rings (SSSR count). The quantitative estimate of drug-likeness (QED) is 0.196. The molecule has 1 aromatic heterocycles. The summed E-state index contributed by atoms with van der Waals surface area (Å²) in [4.78, 5) is 2.35. The first-order valence-electron chi connectivity index (χ1n) is 16.6. The molecule has 1 aliphatic heterocycles. The third-order valence-electron chi connectivity index (χ3n) is 10.4. The highest BCUT2D eigenvalue weighted by atomic mass is 16.5. The Morgan fingerprint density at radius 3 is 1.90 bits per heavy atom. The molecular formula is C45H32N2O. The minimum atomic E-state index is -0.166. The predicted octanol–water partition coefficient (Wildman–Crippen LogP) is 12.3. The van der Waals surface area contributed by atoms with Crippen LogP contribution in [0.25, 0.3) is 49.7 Å². The lowest BCUT2D eigenvalue weighted by molar-refractivity contribution is 0.476. The molecule has 8 aromatic rings. The number of hydrogen-bond acceptors (Lipinski definition) is 2. The fourth-order valence-electron chi connectivity index (χ4n) is 8.04. The van der Waals surface area contributed by atoms with E-state index in [9.17, 15) is 0 Å². The monoisotopic (exact) mass is 616 g/mol. The smallest absolute Gasteiger partial charge is 0.152 e. The van der Waals surface area contributed by atoms with E-state index in [2.05, 4.69) is 175 Å². The van der Waals surface area contributed by atoms with Crippen molar-refractivity contribution < 1.29 is 4.74 Å². The number of fused-ring (bicyclic) bond motifs is 8. The second-order valence-corrected chi connectivity index (χ2v) is 13.4. The summed E-state index contributed by atoms with van der Waals surface area (Å²) in [6.45, 7) is 4.73. The Morgan fingerprint density at radius 2 is 1.12 bits per heavy atom. The summed E-state index contributed by atoms with van der Waals surface area (Å²) >= 11 is 0. The van der Waals surface area contributed by atoms with E-state index < -0.39 is 0 Å².